The van der Waals surface area contributed by atoms with Crippen molar-refractivity contribution in [1.82, 2.24) is 14.8 Å². The number of benzene rings is 2. The highest BCUT2D eigenvalue weighted by Crippen LogP contribution is 2.31. The Morgan fingerprint density at radius 2 is 1.89 bits per heavy atom. The maximum atomic E-state index is 13.4. The molecular weight excluding hydrogens is 355 g/mol. The van der Waals surface area contributed by atoms with E-state index in [2.05, 4.69) is 5.10 Å². The molecule has 28 heavy (non-hydrogen) atoms. The first-order chi connectivity index (χ1) is 13.5. The zero-order chi connectivity index (χ0) is 19.8. The Balaban J connectivity index is 2.07. The maximum Gasteiger partial charge on any atom is 0.162 e. The molecule has 0 aliphatic heterocycles. The van der Waals surface area contributed by atoms with Crippen LogP contribution < -0.4 is 0 Å². The van der Waals surface area contributed by atoms with Gasteiger partial charge in [0.15, 0.2) is 17.3 Å². The van der Waals surface area contributed by atoms with E-state index >= 15 is 0 Å². The van der Waals surface area contributed by atoms with E-state index in [0.717, 1.165) is 11.1 Å². The molecule has 136 valence electrons. The first kappa shape index (κ1) is 17.6. The quantitative estimate of drug-likeness (QED) is 0.494. The van der Waals surface area contributed by atoms with Crippen LogP contribution in [0.15, 0.2) is 54.7 Å². The minimum Gasteiger partial charge on any atom is -0.294 e. The fourth-order valence-corrected chi connectivity index (χ4v) is 3.22. The Bertz CT molecular complexity index is 1270. The molecule has 0 bridgehead atoms. The number of nitrogens with zero attached hydrogens (tertiary/aromatic N) is 4. The molecule has 0 atom stereocenters. The largest absolute Gasteiger partial charge is 0.294 e. The Morgan fingerprint density at radius 1 is 1.14 bits per heavy atom. The lowest BCUT2D eigenvalue weighted by atomic mass is 9.98. The summed E-state index contributed by atoms with van der Waals surface area (Å²) in [6, 6.07) is 15.2. The molecule has 4 aromatic rings. The number of aromatic nitrogens is 3. The molecule has 0 saturated heterocycles. The summed E-state index contributed by atoms with van der Waals surface area (Å²) in [6.45, 7) is 3.43. The van der Waals surface area contributed by atoms with Crippen LogP contribution in [0.3, 0.4) is 0 Å². The molecule has 0 unspecified atom stereocenters. The van der Waals surface area contributed by atoms with Crippen LogP contribution in [0.25, 0.3) is 27.8 Å². The third-order valence-electron chi connectivity index (χ3n) is 4.51. The topological polar surface area (TPSA) is 71.6 Å². The summed E-state index contributed by atoms with van der Waals surface area (Å²) < 4.78 is 14.9. The number of carbonyl (C=O) groups is 1. The van der Waals surface area contributed by atoms with E-state index in [1.54, 1.807) is 24.4 Å². The van der Waals surface area contributed by atoms with Crippen molar-refractivity contribution >= 4 is 16.7 Å². The van der Waals surface area contributed by atoms with Gasteiger partial charge in [-0.2, -0.15) is 10.4 Å². The van der Waals surface area contributed by atoms with E-state index in [0.29, 0.717) is 27.8 Å². The smallest absolute Gasteiger partial charge is 0.162 e. The maximum absolute atomic E-state index is 13.4. The fourth-order valence-electron chi connectivity index (χ4n) is 3.22. The van der Waals surface area contributed by atoms with Crippen LogP contribution in [0.4, 0.5) is 4.39 Å². The number of hydrogen-bond acceptors (Lipinski definition) is 4. The number of rotatable bonds is 3. The number of hydrogen-bond donors (Lipinski definition) is 0. The second-order valence-electron chi connectivity index (χ2n) is 6.56. The Morgan fingerprint density at radius 3 is 2.54 bits per heavy atom. The van der Waals surface area contributed by atoms with Gasteiger partial charge in [0.1, 0.15) is 11.9 Å². The normalized spacial score (nSPS) is 10.8. The van der Waals surface area contributed by atoms with Gasteiger partial charge in [0.05, 0.1) is 5.52 Å². The molecule has 0 aliphatic rings. The van der Waals surface area contributed by atoms with Crippen molar-refractivity contribution in [2.45, 2.75) is 13.8 Å². The van der Waals surface area contributed by atoms with Gasteiger partial charge in [-0.15, -0.1) is 0 Å². The molecule has 0 aliphatic carbocycles. The van der Waals surface area contributed by atoms with Crippen molar-refractivity contribution in [1.29, 1.82) is 5.26 Å². The van der Waals surface area contributed by atoms with Crippen LogP contribution in [-0.4, -0.2) is 20.5 Å². The number of aryl methyl sites for hydroxylation is 1. The lowest BCUT2D eigenvalue weighted by Gasteiger charge is -2.13. The summed E-state index contributed by atoms with van der Waals surface area (Å²) in [5.41, 5.74) is 3.83. The minimum atomic E-state index is -0.343. The van der Waals surface area contributed by atoms with Gasteiger partial charge in [-0.1, -0.05) is 12.1 Å². The monoisotopic (exact) mass is 370 g/mol. The molecular formula is C22H15FN4O. The van der Waals surface area contributed by atoms with Crippen molar-refractivity contribution in [3.8, 4) is 23.0 Å². The highest BCUT2D eigenvalue weighted by Gasteiger charge is 2.16. The van der Waals surface area contributed by atoms with Crippen LogP contribution in [-0.2, 0) is 0 Å². The van der Waals surface area contributed by atoms with Crippen LogP contribution in [0.2, 0.25) is 0 Å². The Kier molecular flexibility index (Phi) is 4.21. The highest BCUT2D eigenvalue weighted by molar-refractivity contribution is 6.07. The van der Waals surface area contributed by atoms with Gasteiger partial charge in [-0.05, 0) is 61.4 Å². The van der Waals surface area contributed by atoms with E-state index in [-0.39, 0.29) is 17.3 Å². The SMILES string of the molecule is CC(=O)c1cc(C)cc2nc(-n3ccc(C#N)n3)c(-c3ccc(F)cc3)cc12. The lowest BCUT2D eigenvalue weighted by molar-refractivity contribution is 0.101. The average Bonchev–Trinajstić information content (AvgIpc) is 3.16. The van der Waals surface area contributed by atoms with E-state index < -0.39 is 0 Å². The average molecular weight is 370 g/mol. The standard InChI is InChI=1S/C22H15FN4O/c1-13-9-18(14(2)28)20-11-19(15-3-5-16(23)6-4-15)22(25-21(20)10-13)27-8-7-17(12-24)26-27/h3-11H,1-2H3. The van der Waals surface area contributed by atoms with Gasteiger partial charge in [-0.25, -0.2) is 14.1 Å². The molecule has 6 heteroatoms. The fraction of sp³-hybridized carbons (Fsp3) is 0.0909. The van der Waals surface area contributed by atoms with Gasteiger partial charge in [0, 0.05) is 22.7 Å². The lowest BCUT2D eigenvalue weighted by Crippen LogP contribution is -2.04. The zero-order valence-corrected chi connectivity index (χ0v) is 15.3. The van der Waals surface area contributed by atoms with Crippen LogP contribution >= 0.6 is 0 Å². The van der Waals surface area contributed by atoms with Crippen LogP contribution in [0.1, 0.15) is 28.5 Å². The summed E-state index contributed by atoms with van der Waals surface area (Å²) >= 11 is 0. The first-order valence-corrected chi connectivity index (χ1v) is 8.64. The molecule has 0 radical (unpaired) electrons. The summed E-state index contributed by atoms with van der Waals surface area (Å²) in [5.74, 6) is 0.102. The summed E-state index contributed by atoms with van der Waals surface area (Å²) in [4.78, 5) is 16.9. The Hall–Kier alpha value is -3.85. The number of halogens is 1. The van der Waals surface area contributed by atoms with Crippen molar-refractivity contribution in [2.75, 3.05) is 0 Å². The number of ketones is 1. The third kappa shape index (κ3) is 3.03. The second kappa shape index (κ2) is 6.71. The summed E-state index contributed by atoms with van der Waals surface area (Å²) in [6.07, 6.45) is 1.65. The number of fused-ring (bicyclic) bond motifs is 1. The molecule has 0 amide bonds. The molecule has 2 heterocycles. The molecule has 0 fully saturated rings. The molecule has 2 aromatic heterocycles. The predicted octanol–water partition coefficient (Wildman–Crippen LogP) is 4.61. The molecule has 0 saturated carbocycles. The zero-order valence-electron chi connectivity index (χ0n) is 15.3. The van der Waals surface area contributed by atoms with Crippen molar-refractivity contribution in [3.05, 3.63) is 77.4 Å². The van der Waals surface area contributed by atoms with Crippen molar-refractivity contribution in [2.24, 2.45) is 0 Å². The predicted molar refractivity (Wildman–Crippen MR) is 104 cm³/mol. The van der Waals surface area contributed by atoms with Crippen molar-refractivity contribution in [3.63, 3.8) is 0 Å². The van der Waals surface area contributed by atoms with E-state index in [9.17, 15) is 9.18 Å². The highest BCUT2D eigenvalue weighted by atomic mass is 19.1. The molecule has 4 rings (SSSR count). The summed E-state index contributed by atoms with van der Waals surface area (Å²) in [5, 5.41) is 14.1. The second-order valence-corrected chi connectivity index (χ2v) is 6.56. The van der Waals surface area contributed by atoms with Gasteiger partial charge >= 0.3 is 0 Å². The molecule has 2 aromatic carbocycles. The first-order valence-electron chi connectivity index (χ1n) is 8.64. The van der Waals surface area contributed by atoms with Gasteiger partial charge in [0.2, 0.25) is 0 Å². The van der Waals surface area contributed by atoms with E-state index in [1.165, 1.54) is 23.7 Å². The van der Waals surface area contributed by atoms with Gasteiger partial charge in [0.25, 0.3) is 0 Å². The number of Topliss-reactive ketones (excluding diaryl/α,β-unsaturated/α-hetero) is 1. The van der Waals surface area contributed by atoms with Crippen molar-refractivity contribution < 1.29 is 9.18 Å². The molecule has 0 spiro atoms. The van der Waals surface area contributed by atoms with E-state index in [1.807, 2.05) is 31.2 Å². The summed E-state index contributed by atoms with van der Waals surface area (Å²) in [7, 11) is 0. The van der Waals surface area contributed by atoms with Crippen LogP contribution in [0.5, 0.6) is 0 Å². The number of pyridine rings is 1. The molecule has 5 nitrogen and oxygen atoms in total. The third-order valence-corrected chi connectivity index (χ3v) is 4.51. The number of carbonyl (C=O) groups excluding carboxylic acids is 1. The van der Waals surface area contributed by atoms with E-state index in [4.69, 9.17) is 10.2 Å². The molecule has 0 N–H and O–H groups in total. The Labute approximate surface area is 160 Å². The number of nitriles is 1. The minimum absolute atomic E-state index is 0.0563. The van der Waals surface area contributed by atoms with Gasteiger partial charge < -0.3 is 0 Å². The van der Waals surface area contributed by atoms with Crippen LogP contribution in [0, 0.1) is 24.1 Å². The van der Waals surface area contributed by atoms with Gasteiger partial charge in [-0.3, -0.25) is 4.79 Å².